The van der Waals surface area contributed by atoms with E-state index in [1.165, 1.54) is 12.0 Å². The van der Waals surface area contributed by atoms with Gasteiger partial charge >= 0.3 is 0 Å². The topological polar surface area (TPSA) is 65.2 Å². The highest BCUT2D eigenvalue weighted by molar-refractivity contribution is 5.95. The maximum absolute atomic E-state index is 12.3. The minimum Gasteiger partial charge on any atom is -0.348 e. The SMILES string of the molecule is O=C(NC1CCNCC1)C1=C2C=C3CC3C2NN1. The van der Waals surface area contributed by atoms with Gasteiger partial charge in [-0.1, -0.05) is 11.6 Å². The van der Waals surface area contributed by atoms with Crippen molar-refractivity contribution in [3.05, 3.63) is 22.9 Å². The summed E-state index contributed by atoms with van der Waals surface area (Å²) < 4.78 is 0. The Bertz CT molecular complexity index is 462. The molecule has 96 valence electrons. The predicted molar refractivity (Wildman–Crippen MR) is 67.3 cm³/mol. The average Bonchev–Trinajstić information content (AvgIpc) is 2.86. The molecule has 0 spiro atoms. The lowest BCUT2D eigenvalue weighted by molar-refractivity contribution is -0.118. The largest absolute Gasteiger partial charge is 0.348 e. The fourth-order valence-electron chi connectivity index (χ4n) is 3.24. The van der Waals surface area contributed by atoms with E-state index in [9.17, 15) is 4.79 Å². The van der Waals surface area contributed by atoms with E-state index in [1.807, 2.05) is 0 Å². The van der Waals surface area contributed by atoms with Crippen LogP contribution in [-0.2, 0) is 4.79 Å². The summed E-state index contributed by atoms with van der Waals surface area (Å²) in [6, 6.07) is 0.657. The zero-order valence-electron chi connectivity index (χ0n) is 10.3. The monoisotopic (exact) mass is 246 g/mol. The Morgan fingerprint density at radius 3 is 3.00 bits per heavy atom. The molecule has 2 fully saturated rings. The van der Waals surface area contributed by atoms with Crippen LogP contribution in [0.15, 0.2) is 22.9 Å². The summed E-state index contributed by atoms with van der Waals surface area (Å²) in [6.07, 6.45) is 5.44. The summed E-state index contributed by atoms with van der Waals surface area (Å²) in [5, 5.41) is 6.44. The van der Waals surface area contributed by atoms with Crippen LogP contribution < -0.4 is 21.5 Å². The van der Waals surface area contributed by atoms with Gasteiger partial charge in [0.15, 0.2) is 0 Å². The second-order valence-corrected chi connectivity index (χ2v) is 5.60. The van der Waals surface area contributed by atoms with Crippen molar-refractivity contribution in [1.29, 1.82) is 0 Å². The summed E-state index contributed by atoms with van der Waals surface area (Å²) in [5.74, 6) is 0.696. The highest BCUT2D eigenvalue weighted by Gasteiger charge is 2.48. The molecule has 5 nitrogen and oxygen atoms in total. The van der Waals surface area contributed by atoms with E-state index in [0.29, 0.717) is 18.0 Å². The van der Waals surface area contributed by atoms with E-state index in [2.05, 4.69) is 27.6 Å². The number of carbonyl (C=O) groups is 1. The number of rotatable bonds is 2. The first-order chi connectivity index (χ1) is 8.83. The maximum atomic E-state index is 12.3. The van der Waals surface area contributed by atoms with Gasteiger partial charge in [-0.05, 0) is 32.4 Å². The molecule has 2 unspecified atom stereocenters. The van der Waals surface area contributed by atoms with Crippen LogP contribution in [0.1, 0.15) is 19.3 Å². The number of amides is 1. The average molecular weight is 246 g/mol. The molecule has 2 heterocycles. The lowest BCUT2D eigenvalue weighted by Crippen LogP contribution is -2.45. The van der Waals surface area contributed by atoms with Gasteiger partial charge < -0.3 is 16.1 Å². The molecule has 1 saturated carbocycles. The van der Waals surface area contributed by atoms with Gasteiger partial charge in [0.05, 0.1) is 6.04 Å². The number of piperidine rings is 1. The quantitative estimate of drug-likeness (QED) is 0.533. The van der Waals surface area contributed by atoms with Gasteiger partial charge in [0.25, 0.3) is 5.91 Å². The van der Waals surface area contributed by atoms with Crippen LogP contribution in [0.25, 0.3) is 0 Å². The van der Waals surface area contributed by atoms with Crippen molar-refractivity contribution in [1.82, 2.24) is 21.5 Å². The number of hydrogen-bond donors (Lipinski definition) is 4. The highest BCUT2D eigenvalue weighted by atomic mass is 16.2. The van der Waals surface area contributed by atoms with Crippen molar-refractivity contribution >= 4 is 5.91 Å². The van der Waals surface area contributed by atoms with Gasteiger partial charge in [-0.25, -0.2) is 5.43 Å². The summed E-state index contributed by atoms with van der Waals surface area (Å²) in [5.41, 5.74) is 9.68. The summed E-state index contributed by atoms with van der Waals surface area (Å²) in [7, 11) is 0. The first-order valence-corrected chi connectivity index (χ1v) is 6.80. The van der Waals surface area contributed by atoms with Crippen LogP contribution in [0, 0.1) is 5.92 Å². The standard InChI is InChI=1S/C13H18N4O/c18-13(15-8-1-3-14-4-2-8)12-10-6-7-5-9(7)11(10)16-17-12/h6,8-9,11,14,16-17H,1-5H2,(H,15,18). The number of nitrogens with one attached hydrogen (secondary N) is 4. The van der Waals surface area contributed by atoms with Gasteiger partial charge in [0.2, 0.25) is 0 Å². The normalized spacial score (nSPS) is 33.7. The van der Waals surface area contributed by atoms with Crippen LogP contribution in [0.2, 0.25) is 0 Å². The second-order valence-electron chi connectivity index (χ2n) is 5.60. The van der Waals surface area contributed by atoms with E-state index in [0.717, 1.165) is 37.2 Å². The molecule has 0 radical (unpaired) electrons. The number of carbonyl (C=O) groups excluding carboxylic acids is 1. The Morgan fingerprint density at radius 1 is 1.33 bits per heavy atom. The number of fused-ring (bicyclic) bond motifs is 3. The van der Waals surface area contributed by atoms with Crippen LogP contribution in [0.5, 0.6) is 0 Å². The molecular weight excluding hydrogens is 228 g/mol. The van der Waals surface area contributed by atoms with Crippen molar-refractivity contribution in [2.45, 2.75) is 31.3 Å². The molecular formula is C13H18N4O. The van der Waals surface area contributed by atoms with Crippen LogP contribution in [0.4, 0.5) is 0 Å². The summed E-state index contributed by atoms with van der Waals surface area (Å²) >= 11 is 0. The molecule has 4 N–H and O–H groups in total. The predicted octanol–water partition coefficient (Wildman–Crippen LogP) is -0.455. The van der Waals surface area contributed by atoms with Gasteiger partial charge in [-0.3, -0.25) is 4.79 Å². The fourth-order valence-corrected chi connectivity index (χ4v) is 3.24. The van der Waals surface area contributed by atoms with Crippen molar-refractivity contribution in [2.75, 3.05) is 13.1 Å². The van der Waals surface area contributed by atoms with E-state index in [1.54, 1.807) is 0 Å². The Morgan fingerprint density at radius 2 is 2.17 bits per heavy atom. The smallest absolute Gasteiger partial charge is 0.269 e. The molecule has 4 aliphatic rings. The summed E-state index contributed by atoms with van der Waals surface area (Å²) in [6.45, 7) is 1.99. The lowest BCUT2D eigenvalue weighted by atomic mass is 10.0. The second kappa shape index (κ2) is 3.83. The van der Waals surface area contributed by atoms with Gasteiger partial charge in [0.1, 0.15) is 5.70 Å². The Hall–Kier alpha value is -1.33. The molecule has 0 aromatic carbocycles. The molecule has 1 amide bonds. The van der Waals surface area contributed by atoms with Gasteiger partial charge in [0, 0.05) is 17.5 Å². The molecule has 2 atom stereocenters. The van der Waals surface area contributed by atoms with Crippen molar-refractivity contribution in [3.63, 3.8) is 0 Å². The molecule has 0 aromatic heterocycles. The number of hydrazine groups is 1. The number of hydrogen-bond acceptors (Lipinski definition) is 4. The van der Waals surface area contributed by atoms with Gasteiger partial charge in [-0.2, -0.15) is 0 Å². The molecule has 18 heavy (non-hydrogen) atoms. The molecule has 5 heteroatoms. The molecule has 4 rings (SSSR count). The van der Waals surface area contributed by atoms with E-state index in [4.69, 9.17) is 0 Å². The minimum atomic E-state index is 0.0463. The van der Waals surface area contributed by atoms with Crippen molar-refractivity contribution in [3.8, 4) is 0 Å². The van der Waals surface area contributed by atoms with Crippen LogP contribution >= 0.6 is 0 Å². The first-order valence-electron chi connectivity index (χ1n) is 6.80. The van der Waals surface area contributed by atoms with E-state index in [-0.39, 0.29) is 5.91 Å². The Balaban J connectivity index is 1.48. The van der Waals surface area contributed by atoms with Crippen molar-refractivity contribution in [2.24, 2.45) is 5.92 Å². The molecule has 0 bridgehead atoms. The Kier molecular flexibility index (Phi) is 2.25. The Labute approximate surface area is 106 Å². The highest BCUT2D eigenvalue weighted by Crippen LogP contribution is 2.50. The van der Waals surface area contributed by atoms with Crippen LogP contribution in [0.3, 0.4) is 0 Å². The minimum absolute atomic E-state index is 0.0463. The lowest BCUT2D eigenvalue weighted by Gasteiger charge is -2.23. The van der Waals surface area contributed by atoms with Crippen LogP contribution in [-0.4, -0.2) is 31.1 Å². The molecule has 0 aromatic rings. The zero-order valence-corrected chi connectivity index (χ0v) is 10.3. The maximum Gasteiger partial charge on any atom is 0.269 e. The third kappa shape index (κ3) is 1.58. The summed E-state index contributed by atoms with van der Waals surface area (Å²) in [4.78, 5) is 12.3. The first kappa shape index (κ1) is 10.6. The molecule has 2 aliphatic carbocycles. The third-order valence-electron chi connectivity index (χ3n) is 4.39. The van der Waals surface area contributed by atoms with E-state index >= 15 is 0 Å². The fraction of sp³-hybridized carbons (Fsp3) is 0.615. The van der Waals surface area contributed by atoms with Crippen molar-refractivity contribution < 1.29 is 4.79 Å². The van der Waals surface area contributed by atoms with Gasteiger partial charge in [-0.15, -0.1) is 0 Å². The molecule has 1 saturated heterocycles. The third-order valence-corrected chi connectivity index (χ3v) is 4.39. The zero-order chi connectivity index (χ0) is 12.1. The molecule has 2 aliphatic heterocycles. The van der Waals surface area contributed by atoms with E-state index < -0.39 is 0 Å².